The number of amides is 2. The van der Waals surface area contributed by atoms with Crippen molar-refractivity contribution in [3.63, 3.8) is 0 Å². The fourth-order valence-electron chi connectivity index (χ4n) is 5.83. The number of nitrogens with one attached hydrogen (secondary N) is 1. The average Bonchev–Trinajstić information content (AvgIpc) is 3.90. The largest absolute Gasteiger partial charge is 0.492 e. The highest BCUT2D eigenvalue weighted by molar-refractivity contribution is 6.37. The van der Waals surface area contributed by atoms with Crippen LogP contribution in [0, 0.1) is 26.7 Å². The molecule has 1 aliphatic heterocycles. The van der Waals surface area contributed by atoms with Crippen molar-refractivity contribution in [2.45, 2.75) is 64.8 Å². The summed E-state index contributed by atoms with van der Waals surface area (Å²) in [5.74, 6) is -3.30. The summed E-state index contributed by atoms with van der Waals surface area (Å²) in [4.78, 5) is 45.6. The van der Waals surface area contributed by atoms with Crippen LogP contribution in [-0.4, -0.2) is 72.3 Å². The van der Waals surface area contributed by atoms with E-state index in [9.17, 15) is 27.6 Å². The number of carbonyl (C=O) groups is 3. The third kappa shape index (κ3) is 9.41. The van der Waals surface area contributed by atoms with Gasteiger partial charge < -0.3 is 24.5 Å². The SMILES string of the molecule is Cc1cc(Cl)c(OCCOc2ccc(C(=O)N[C@H]3CCN(OC(=O)C(F)(F)F)CC3C(=O)N(Cc3cccc(C)c3C)C3CC3)cc2)c(Cl)c1. The highest BCUT2D eigenvalue weighted by Crippen LogP contribution is 2.35. The molecule has 268 valence electrons. The molecule has 50 heavy (non-hydrogen) atoms. The van der Waals surface area contributed by atoms with Crippen molar-refractivity contribution >= 4 is 41.0 Å². The molecular weight excluding hydrogens is 698 g/mol. The molecule has 1 aliphatic carbocycles. The summed E-state index contributed by atoms with van der Waals surface area (Å²) >= 11 is 12.4. The first kappa shape index (κ1) is 37.3. The fraction of sp³-hybridized carbons (Fsp3) is 0.417. The minimum absolute atomic E-state index is 0.0318. The summed E-state index contributed by atoms with van der Waals surface area (Å²) < 4.78 is 50.5. The minimum Gasteiger partial charge on any atom is -0.490 e. The quantitative estimate of drug-likeness (QED) is 0.200. The molecular formula is C36H38Cl2F3N3O6. The lowest BCUT2D eigenvalue weighted by Crippen LogP contribution is -2.57. The van der Waals surface area contributed by atoms with Crippen molar-refractivity contribution in [1.29, 1.82) is 0 Å². The zero-order chi connectivity index (χ0) is 36.2. The Morgan fingerprint density at radius 1 is 0.940 bits per heavy atom. The molecule has 14 heteroatoms. The van der Waals surface area contributed by atoms with E-state index in [1.165, 1.54) is 0 Å². The van der Waals surface area contributed by atoms with E-state index < -0.39 is 30.0 Å². The predicted molar refractivity (Wildman–Crippen MR) is 181 cm³/mol. The first-order chi connectivity index (χ1) is 23.7. The van der Waals surface area contributed by atoms with Crippen LogP contribution in [0.5, 0.6) is 11.5 Å². The Hall–Kier alpha value is -4.00. The molecule has 0 radical (unpaired) electrons. The molecule has 1 N–H and O–H groups in total. The van der Waals surface area contributed by atoms with Crippen molar-refractivity contribution in [3.8, 4) is 11.5 Å². The normalized spacial score (nSPS) is 17.9. The van der Waals surface area contributed by atoms with Crippen molar-refractivity contribution < 1.29 is 41.9 Å². The topological polar surface area (TPSA) is 97.4 Å². The van der Waals surface area contributed by atoms with E-state index in [0.717, 1.165) is 40.2 Å². The first-order valence-corrected chi connectivity index (χ1v) is 17.0. The second-order valence-electron chi connectivity index (χ2n) is 12.6. The Balaban J connectivity index is 1.25. The van der Waals surface area contributed by atoms with E-state index in [1.807, 2.05) is 39.0 Å². The summed E-state index contributed by atoms with van der Waals surface area (Å²) in [6.07, 6.45) is -3.54. The van der Waals surface area contributed by atoms with Crippen LogP contribution in [0.25, 0.3) is 0 Å². The first-order valence-electron chi connectivity index (χ1n) is 16.2. The second-order valence-corrected chi connectivity index (χ2v) is 13.4. The zero-order valence-electron chi connectivity index (χ0n) is 27.8. The fourth-order valence-corrected chi connectivity index (χ4v) is 6.54. The van der Waals surface area contributed by atoms with E-state index in [2.05, 4.69) is 10.2 Å². The third-order valence-electron chi connectivity index (χ3n) is 8.84. The van der Waals surface area contributed by atoms with Crippen LogP contribution in [0.3, 0.4) is 0 Å². The number of nitrogens with zero attached hydrogens (tertiary/aromatic N) is 2. The van der Waals surface area contributed by atoms with Gasteiger partial charge in [-0.15, -0.1) is 5.06 Å². The molecule has 2 amide bonds. The predicted octanol–water partition coefficient (Wildman–Crippen LogP) is 7.01. The highest BCUT2D eigenvalue weighted by Gasteiger charge is 2.46. The van der Waals surface area contributed by atoms with Crippen molar-refractivity contribution in [2.75, 3.05) is 26.3 Å². The van der Waals surface area contributed by atoms with Gasteiger partial charge in [0.1, 0.15) is 19.0 Å². The van der Waals surface area contributed by atoms with Gasteiger partial charge in [-0.25, -0.2) is 4.79 Å². The summed E-state index contributed by atoms with van der Waals surface area (Å²) in [5.41, 5.74) is 4.26. The number of halogens is 5. The lowest BCUT2D eigenvalue weighted by atomic mass is 9.90. The number of ether oxygens (including phenoxy) is 2. The number of hydrogen-bond acceptors (Lipinski definition) is 7. The van der Waals surface area contributed by atoms with Gasteiger partial charge in [0.05, 0.1) is 16.0 Å². The van der Waals surface area contributed by atoms with Crippen molar-refractivity contribution in [2.24, 2.45) is 5.92 Å². The molecule has 3 aromatic carbocycles. The smallest absolute Gasteiger partial charge is 0.490 e. The molecule has 1 heterocycles. The monoisotopic (exact) mass is 735 g/mol. The van der Waals surface area contributed by atoms with E-state index in [1.54, 1.807) is 41.3 Å². The number of benzene rings is 3. The van der Waals surface area contributed by atoms with Crippen LogP contribution < -0.4 is 14.8 Å². The lowest BCUT2D eigenvalue weighted by Gasteiger charge is -2.39. The molecule has 3 aromatic rings. The molecule has 1 saturated heterocycles. The number of hydrogen-bond donors (Lipinski definition) is 1. The minimum atomic E-state index is -5.20. The number of piperidine rings is 1. The standard InChI is InChI=1S/C36H38Cl2F3N3O6/c1-21-17-29(37)32(30(38)18-21)49-16-15-48-27-11-7-24(8-12-27)33(45)42-31-13-14-43(50-35(47)36(39,40)41)20-28(31)34(46)44(26-9-10-26)19-25-6-4-5-22(2)23(25)3/h4-8,11-12,17-18,26,28,31H,9-10,13-16,19-20H2,1-3H3,(H,42,45)/t28?,31-/m0/s1. The molecule has 2 aliphatic rings. The molecule has 1 saturated carbocycles. The second kappa shape index (κ2) is 15.9. The maximum absolute atomic E-state index is 14.2. The van der Waals surface area contributed by atoms with Gasteiger partial charge in [-0.05, 0) is 98.7 Å². The van der Waals surface area contributed by atoms with E-state index in [0.29, 0.717) is 33.7 Å². The van der Waals surface area contributed by atoms with Crippen LogP contribution in [0.2, 0.25) is 10.0 Å². The zero-order valence-corrected chi connectivity index (χ0v) is 29.3. The molecule has 0 aromatic heterocycles. The molecule has 1 unspecified atom stereocenters. The summed E-state index contributed by atoms with van der Waals surface area (Å²) in [5, 5.41) is 4.56. The number of hydroxylamine groups is 2. The van der Waals surface area contributed by atoms with Gasteiger partial charge in [0, 0.05) is 37.3 Å². The number of carbonyl (C=O) groups excluding carboxylic acids is 3. The average molecular weight is 737 g/mol. The molecule has 0 spiro atoms. The van der Waals surface area contributed by atoms with E-state index >= 15 is 0 Å². The maximum Gasteiger partial charge on any atom is 0.492 e. The number of alkyl halides is 3. The van der Waals surface area contributed by atoms with Crippen molar-refractivity contribution in [1.82, 2.24) is 15.3 Å². The summed E-state index contributed by atoms with van der Waals surface area (Å²) in [6.45, 7) is 6.06. The molecule has 0 bridgehead atoms. The van der Waals surface area contributed by atoms with E-state index in [4.69, 9.17) is 32.7 Å². The van der Waals surface area contributed by atoms with Gasteiger partial charge in [0.25, 0.3) is 5.91 Å². The van der Waals surface area contributed by atoms with Crippen LogP contribution in [0.1, 0.15) is 51.9 Å². The highest BCUT2D eigenvalue weighted by atomic mass is 35.5. The van der Waals surface area contributed by atoms with Gasteiger partial charge in [-0.1, -0.05) is 41.4 Å². The molecule has 5 rings (SSSR count). The van der Waals surface area contributed by atoms with Crippen LogP contribution in [-0.2, 0) is 21.0 Å². The van der Waals surface area contributed by atoms with Crippen LogP contribution >= 0.6 is 23.2 Å². The van der Waals surface area contributed by atoms with Gasteiger partial charge in [0.2, 0.25) is 5.91 Å². The Kier molecular flexibility index (Phi) is 11.9. The van der Waals surface area contributed by atoms with Gasteiger partial charge in [-0.3, -0.25) is 9.59 Å². The Labute approximate surface area is 298 Å². The van der Waals surface area contributed by atoms with Crippen molar-refractivity contribution in [3.05, 3.63) is 92.5 Å². The third-order valence-corrected chi connectivity index (χ3v) is 9.40. The molecule has 2 fully saturated rings. The number of aryl methyl sites for hydroxylation is 2. The Bertz CT molecular complexity index is 1700. The maximum atomic E-state index is 14.2. The van der Waals surface area contributed by atoms with Gasteiger partial charge in [-0.2, -0.15) is 13.2 Å². The van der Waals surface area contributed by atoms with Crippen LogP contribution in [0.15, 0.2) is 54.6 Å². The van der Waals surface area contributed by atoms with Gasteiger partial charge in [0.15, 0.2) is 5.75 Å². The number of rotatable bonds is 12. The Morgan fingerprint density at radius 3 is 2.24 bits per heavy atom. The molecule has 2 atom stereocenters. The molecule has 9 nitrogen and oxygen atoms in total. The Morgan fingerprint density at radius 2 is 1.60 bits per heavy atom. The lowest BCUT2D eigenvalue weighted by molar-refractivity contribution is -0.244. The summed E-state index contributed by atoms with van der Waals surface area (Å²) in [7, 11) is 0. The van der Waals surface area contributed by atoms with E-state index in [-0.39, 0.29) is 44.7 Å². The van der Waals surface area contributed by atoms with Crippen LogP contribution in [0.4, 0.5) is 13.2 Å². The summed E-state index contributed by atoms with van der Waals surface area (Å²) in [6, 6.07) is 14.9. The van der Waals surface area contributed by atoms with Gasteiger partial charge >= 0.3 is 12.1 Å².